The van der Waals surface area contributed by atoms with E-state index in [2.05, 4.69) is 97.7 Å². The minimum atomic E-state index is 0.0841. The van der Waals surface area contributed by atoms with Gasteiger partial charge in [0, 0.05) is 38.3 Å². The topological polar surface area (TPSA) is 42.9 Å². The third-order valence-electron chi connectivity index (χ3n) is 5.00. The Bertz CT molecular complexity index is 510. The number of nitrogens with zero attached hydrogens (tertiary/aromatic N) is 3. The highest BCUT2D eigenvalue weighted by molar-refractivity contribution is 5.79. The van der Waals surface area contributed by atoms with E-state index in [9.17, 15) is 0 Å². The van der Waals surface area contributed by atoms with Crippen molar-refractivity contribution in [2.45, 2.75) is 45.3 Å². The van der Waals surface area contributed by atoms with E-state index in [0.29, 0.717) is 6.04 Å². The molecule has 0 spiro atoms. The second-order valence-corrected chi connectivity index (χ2v) is 7.60. The second-order valence-electron chi connectivity index (χ2n) is 7.60. The highest BCUT2D eigenvalue weighted by atomic mass is 15.2. The number of hydrogen-bond donors (Lipinski definition) is 2. The van der Waals surface area contributed by atoms with Crippen LogP contribution in [0.2, 0.25) is 0 Å². The van der Waals surface area contributed by atoms with Crippen molar-refractivity contribution < 1.29 is 0 Å². The Morgan fingerprint density at radius 1 is 1.12 bits per heavy atom. The lowest BCUT2D eigenvalue weighted by Crippen LogP contribution is -2.51. The van der Waals surface area contributed by atoms with Crippen molar-refractivity contribution in [3.8, 4) is 0 Å². The zero-order chi connectivity index (χ0) is 18.9. The summed E-state index contributed by atoms with van der Waals surface area (Å²) in [4.78, 5) is 8.93. The lowest BCUT2D eigenvalue weighted by Gasteiger charge is -2.33. The maximum atomic E-state index is 4.32. The summed E-state index contributed by atoms with van der Waals surface area (Å²) in [5.41, 5.74) is 1.44. The molecule has 0 saturated carbocycles. The van der Waals surface area contributed by atoms with Gasteiger partial charge in [-0.05, 0) is 53.9 Å². The summed E-state index contributed by atoms with van der Waals surface area (Å²) in [7, 11) is 8.21. The van der Waals surface area contributed by atoms with Crippen LogP contribution in [0.1, 0.15) is 32.8 Å². The van der Waals surface area contributed by atoms with Gasteiger partial charge in [-0.2, -0.15) is 0 Å². The molecule has 0 aromatic heterocycles. The van der Waals surface area contributed by atoms with Gasteiger partial charge in [0.2, 0.25) is 0 Å². The first-order valence-electron chi connectivity index (χ1n) is 9.12. The number of hydrogen-bond acceptors (Lipinski definition) is 3. The molecule has 0 radical (unpaired) electrons. The van der Waals surface area contributed by atoms with Crippen LogP contribution in [0.5, 0.6) is 0 Å². The number of aliphatic imine (C=N–C) groups is 1. The number of guanidine groups is 1. The lowest BCUT2D eigenvalue weighted by atomic mass is 10.0. The van der Waals surface area contributed by atoms with E-state index in [0.717, 1.165) is 32.0 Å². The molecule has 1 aromatic rings. The number of nitrogens with one attached hydrogen (secondary N) is 2. The van der Waals surface area contributed by atoms with E-state index in [1.54, 1.807) is 0 Å². The molecule has 2 N–H and O–H groups in total. The quantitative estimate of drug-likeness (QED) is 0.532. The molecule has 0 bridgehead atoms. The lowest BCUT2D eigenvalue weighted by molar-refractivity contribution is 0.197. The van der Waals surface area contributed by atoms with Crippen LogP contribution in [0, 0.1) is 0 Å². The van der Waals surface area contributed by atoms with Crippen LogP contribution in [0.15, 0.2) is 35.3 Å². The van der Waals surface area contributed by atoms with E-state index in [1.807, 2.05) is 7.05 Å². The molecular weight excluding hydrogens is 310 g/mol. The van der Waals surface area contributed by atoms with Gasteiger partial charge in [-0.3, -0.25) is 9.89 Å². The normalized spacial score (nSPS) is 14.0. The van der Waals surface area contributed by atoms with Crippen LogP contribution in [0.25, 0.3) is 0 Å². The molecule has 5 heteroatoms. The number of benzene rings is 1. The van der Waals surface area contributed by atoms with E-state index in [-0.39, 0.29) is 5.54 Å². The first-order chi connectivity index (χ1) is 11.8. The fourth-order valence-corrected chi connectivity index (χ4v) is 2.33. The Hall–Kier alpha value is -1.59. The third kappa shape index (κ3) is 7.88. The Kier molecular flexibility index (Phi) is 8.93. The van der Waals surface area contributed by atoms with Gasteiger partial charge in [0.1, 0.15) is 0 Å². The summed E-state index contributed by atoms with van der Waals surface area (Å²) in [5, 5.41) is 6.84. The number of rotatable bonds is 9. The predicted molar refractivity (Wildman–Crippen MR) is 109 cm³/mol. The maximum absolute atomic E-state index is 4.32. The smallest absolute Gasteiger partial charge is 0.191 e. The standard InChI is InChI=1S/C20H37N5/c1-17(25(7)15-18-11-9-8-10-12-18)13-14-22-19(21-4)23-16-20(2,3)24(5)6/h8-12,17H,13-16H2,1-7H3,(H2,21,22,23). The molecule has 0 aliphatic rings. The van der Waals surface area contributed by atoms with Crippen LogP contribution in [-0.4, -0.2) is 68.6 Å². The molecule has 0 heterocycles. The van der Waals surface area contributed by atoms with Crippen molar-refractivity contribution in [2.75, 3.05) is 41.3 Å². The van der Waals surface area contributed by atoms with Crippen LogP contribution in [-0.2, 0) is 6.54 Å². The molecule has 1 atom stereocenters. The molecular formula is C20H37N5. The molecule has 142 valence electrons. The van der Waals surface area contributed by atoms with Gasteiger partial charge in [0.05, 0.1) is 0 Å². The summed E-state index contributed by atoms with van der Waals surface area (Å²) in [5.74, 6) is 0.868. The first-order valence-corrected chi connectivity index (χ1v) is 9.12. The summed E-state index contributed by atoms with van der Waals surface area (Å²) in [6.45, 7) is 9.44. The van der Waals surface area contributed by atoms with Gasteiger partial charge >= 0.3 is 0 Å². The van der Waals surface area contributed by atoms with E-state index in [1.165, 1.54) is 5.56 Å². The van der Waals surface area contributed by atoms with Crippen LogP contribution in [0.4, 0.5) is 0 Å². The molecule has 1 unspecified atom stereocenters. The summed E-state index contributed by atoms with van der Waals surface area (Å²) in [6, 6.07) is 11.1. The highest BCUT2D eigenvalue weighted by Gasteiger charge is 2.20. The maximum Gasteiger partial charge on any atom is 0.191 e. The van der Waals surface area contributed by atoms with Gasteiger partial charge in [0.15, 0.2) is 5.96 Å². The monoisotopic (exact) mass is 347 g/mol. The molecule has 0 aliphatic heterocycles. The van der Waals surface area contributed by atoms with Crippen LogP contribution >= 0.6 is 0 Å². The number of likely N-dealkylation sites (N-methyl/N-ethyl adjacent to an activating group) is 1. The predicted octanol–water partition coefficient (Wildman–Crippen LogP) is 2.40. The van der Waals surface area contributed by atoms with E-state index in [4.69, 9.17) is 0 Å². The molecule has 0 saturated heterocycles. The SMILES string of the molecule is CN=C(NCCC(C)N(C)Cc1ccccc1)NCC(C)(C)N(C)C. The van der Waals surface area contributed by atoms with Crippen molar-refractivity contribution >= 4 is 5.96 Å². The van der Waals surface area contributed by atoms with Crippen molar-refractivity contribution in [3.63, 3.8) is 0 Å². The first kappa shape index (κ1) is 21.5. The summed E-state index contributed by atoms with van der Waals surface area (Å²) < 4.78 is 0. The minimum absolute atomic E-state index is 0.0841. The fourth-order valence-electron chi connectivity index (χ4n) is 2.33. The summed E-state index contributed by atoms with van der Waals surface area (Å²) >= 11 is 0. The summed E-state index contributed by atoms with van der Waals surface area (Å²) in [6.07, 6.45) is 1.07. The van der Waals surface area contributed by atoms with Gasteiger partial charge in [-0.1, -0.05) is 30.3 Å². The molecule has 0 amide bonds. The van der Waals surface area contributed by atoms with Gasteiger partial charge in [-0.25, -0.2) is 0 Å². The van der Waals surface area contributed by atoms with Gasteiger partial charge < -0.3 is 15.5 Å². The molecule has 0 aliphatic carbocycles. The van der Waals surface area contributed by atoms with Gasteiger partial charge in [-0.15, -0.1) is 0 Å². The Morgan fingerprint density at radius 3 is 2.32 bits per heavy atom. The Morgan fingerprint density at radius 2 is 1.76 bits per heavy atom. The van der Waals surface area contributed by atoms with E-state index >= 15 is 0 Å². The van der Waals surface area contributed by atoms with E-state index < -0.39 is 0 Å². The molecule has 25 heavy (non-hydrogen) atoms. The van der Waals surface area contributed by atoms with Crippen molar-refractivity contribution in [3.05, 3.63) is 35.9 Å². The zero-order valence-corrected chi connectivity index (χ0v) is 17.1. The molecule has 0 fully saturated rings. The third-order valence-corrected chi connectivity index (χ3v) is 5.00. The van der Waals surface area contributed by atoms with Crippen LogP contribution < -0.4 is 10.6 Å². The molecule has 1 rings (SSSR count). The van der Waals surface area contributed by atoms with Crippen molar-refractivity contribution in [2.24, 2.45) is 4.99 Å². The Balaban J connectivity index is 2.34. The molecule has 5 nitrogen and oxygen atoms in total. The van der Waals surface area contributed by atoms with Crippen molar-refractivity contribution in [1.82, 2.24) is 20.4 Å². The largest absolute Gasteiger partial charge is 0.356 e. The fraction of sp³-hybridized carbons (Fsp3) is 0.650. The highest BCUT2D eigenvalue weighted by Crippen LogP contribution is 2.08. The van der Waals surface area contributed by atoms with Crippen LogP contribution in [0.3, 0.4) is 0 Å². The van der Waals surface area contributed by atoms with Gasteiger partial charge in [0.25, 0.3) is 0 Å². The zero-order valence-electron chi connectivity index (χ0n) is 17.1. The Labute approximate surface area is 154 Å². The van der Waals surface area contributed by atoms with Crippen molar-refractivity contribution in [1.29, 1.82) is 0 Å². The second kappa shape index (κ2) is 10.4. The average molecular weight is 348 g/mol. The minimum Gasteiger partial charge on any atom is -0.356 e. The average Bonchev–Trinajstić information content (AvgIpc) is 2.58. The molecule has 1 aromatic carbocycles.